The van der Waals surface area contributed by atoms with Gasteiger partial charge in [0, 0.05) is 16.5 Å². The highest BCUT2D eigenvalue weighted by molar-refractivity contribution is 5.59. The standard InChI is InChI=1S/C8H7N3O/c9-7-3-1-6(2-4-7)8-5-10-11-12-8/h1-5H,9H2. The van der Waals surface area contributed by atoms with Gasteiger partial charge in [-0.1, -0.05) is 0 Å². The molecule has 0 saturated heterocycles. The van der Waals surface area contributed by atoms with Crippen molar-refractivity contribution in [3.8, 4) is 11.3 Å². The molecule has 2 N–H and O–H groups in total. The molecule has 0 amide bonds. The third kappa shape index (κ3) is 1.14. The normalized spacial score (nSPS) is 10.0. The number of anilines is 1. The molecule has 0 saturated carbocycles. The Morgan fingerprint density at radius 1 is 1.17 bits per heavy atom. The highest BCUT2D eigenvalue weighted by Crippen LogP contribution is 2.18. The van der Waals surface area contributed by atoms with E-state index in [1.54, 1.807) is 18.3 Å². The van der Waals surface area contributed by atoms with E-state index in [9.17, 15) is 0 Å². The molecule has 0 fully saturated rings. The van der Waals surface area contributed by atoms with E-state index in [1.807, 2.05) is 12.1 Å². The summed E-state index contributed by atoms with van der Waals surface area (Å²) in [6.45, 7) is 0. The average molecular weight is 161 g/mol. The molecule has 0 bridgehead atoms. The molecule has 2 aromatic rings. The van der Waals surface area contributed by atoms with Crippen molar-refractivity contribution < 1.29 is 4.52 Å². The van der Waals surface area contributed by atoms with Crippen LogP contribution in [0.3, 0.4) is 0 Å². The van der Waals surface area contributed by atoms with Crippen molar-refractivity contribution in [2.75, 3.05) is 5.73 Å². The summed E-state index contributed by atoms with van der Waals surface area (Å²) in [4.78, 5) is 0. The maximum Gasteiger partial charge on any atom is 0.187 e. The van der Waals surface area contributed by atoms with Crippen LogP contribution in [0.2, 0.25) is 0 Å². The zero-order chi connectivity index (χ0) is 8.39. The van der Waals surface area contributed by atoms with Crippen LogP contribution in [0.15, 0.2) is 35.0 Å². The molecule has 1 heterocycles. The van der Waals surface area contributed by atoms with Gasteiger partial charge in [-0.25, -0.2) is 0 Å². The van der Waals surface area contributed by atoms with Gasteiger partial charge in [0.1, 0.15) is 0 Å². The highest BCUT2D eigenvalue weighted by Gasteiger charge is 2.00. The molecular weight excluding hydrogens is 154 g/mol. The molecule has 0 aliphatic carbocycles. The highest BCUT2D eigenvalue weighted by atomic mass is 16.5. The summed E-state index contributed by atoms with van der Waals surface area (Å²) in [6.07, 6.45) is 1.56. The first-order valence-corrected chi connectivity index (χ1v) is 3.49. The Kier molecular flexibility index (Phi) is 1.51. The van der Waals surface area contributed by atoms with Gasteiger partial charge in [-0.3, -0.25) is 0 Å². The number of hydrogen-bond donors (Lipinski definition) is 1. The Labute approximate surface area is 69.0 Å². The number of benzene rings is 1. The lowest BCUT2D eigenvalue weighted by Gasteiger charge is -1.94. The quantitative estimate of drug-likeness (QED) is 0.640. The Balaban J connectivity index is 2.43. The summed E-state index contributed by atoms with van der Waals surface area (Å²) in [5.74, 6) is 0.648. The van der Waals surface area contributed by atoms with E-state index in [0.29, 0.717) is 5.76 Å². The lowest BCUT2D eigenvalue weighted by molar-refractivity contribution is 0.403. The Morgan fingerprint density at radius 2 is 1.92 bits per heavy atom. The molecule has 4 heteroatoms. The summed E-state index contributed by atoms with van der Waals surface area (Å²) in [6, 6.07) is 7.32. The Bertz CT molecular complexity index is 352. The fourth-order valence-electron chi connectivity index (χ4n) is 0.942. The Morgan fingerprint density at radius 3 is 2.50 bits per heavy atom. The van der Waals surface area contributed by atoms with Crippen molar-refractivity contribution >= 4 is 5.69 Å². The minimum absolute atomic E-state index is 0.648. The smallest absolute Gasteiger partial charge is 0.187 e. The lowest BCUT2D eigenvalue weighted by atomic mass is 10.2. The topological polar surface area (TPSA) is 64.9 Å². The van der Waals surface area contributed by atoms with Crippen LogP contribution in [-0.2, 0) is 0 Å². The van der Waals surface area contributed by atoms with Gasteiger partial charge in [0.25, 0.3) is 0 Å². The fraction of sp³-hybridized carbons (Fsp3) is 0. The Hall–Kier alpha value is -1.84. The van der Waals surface area contributed by atoms with E-state index in [-0.39, 0.29) is 0 Å². The van der Waals surface area contributed by atoms with Crippen molar-refractivity contribution in [1.29, 1.82) is 0 Å². The molecule has 0 aliphatic rings. The second-order valence-corrected chi connectivity index (χ2v) is 2.40. The first-order valence-electron chi connectivity index (χ1n) is 3.49. The molecule has 0 atom stereocenters. The first kappa shape index (κ1) is 6.84. The van der Waals surface area contributed by atoms with E-state index in [1.165, 1.54) is 0 Å². The molecule has 0 spiro atoms. The minimum Gasteiger partial charge on any atom is -0.399 e. The van der Waals surface area contributed by atoms with Crippen molar-refractivity contribution in [1.82, 2.24) is 10.4 Å². The molecule has 2 rings (SSSR count). The molecule has 4 nitrogen and oxygen atoms in total. The van der Waals surface area contributed by atoms with Crippen LogP contribution in [0.5, 0.6) is 0 Å². The van der Waals surface area contributed by atoms with E-state index < -0.39 is 0 Å². The molecule has 0 aliphatic heterocycles. The average Bonchev–Trinajstić information content (AvgIpc) is 2.58. The minimum atomic E-state index is 0.648. The van der Waals surface area contributed by atoms with Crippen LogP contribution < -0.4 is 5.73 Å². The SMILES string of the molecule is Nc1ccc(-c2cnno2)cc1. The number of aromatic nitrogens is 2. The second kappa shape index (κ2) is 2.65. The van der Waals surface area contributed by atoms with Crippen molar-refractivity contribution in [3.63, 3.8) is 0 Å². The van der Waals surface area contributed by atoms with Crippen LogP contribution in [0.25, 0.3) is 11.3 Å². The summed E-state index contributed by atoms with van der Waals surface area (Å²) in [7, 11) is 0. The third-order valence-corrected chi connectivity index (χ3v) is 1.56. The summed E-state index contributed by atoms with van der Waals surface area (Å²) >= 11 is 0. The zero-order valence-electron chi connectivity index (χ0n) is 6.27. The van der Waals surface area contributed by atoms with Gasteiger partial charge < -0.3 is 10.3 Å². The molecule has 1 aromatic heterocycles. The van der Waals surface area contributed by atoms with Crippen LogP contribution in [0.1, 0.15) is 0 Å². The summed E-state index contributed by atoms with van der Waals surface area (Å²) in [5.41, 5.74) is 7.17. The van der Waals surface area contributed by atoms with E-state index in [2.05, 4.69) is 10.4 Å². The maximum atomic E-state index is 5.52. The van der Waals surface area contributed by atoms with Gasteiger partial charge in [-0.05, 0) is 24.3 Å². The van der Waals surface area contributed by atoms with Crippen molar-refractivity contribution in [2.45, 2.75) is 0 Å². The predicted molar refractivity (Wildman–Crippen MR) is 44.1 cm³/mol. The number of nitrogens with two attached hydrogens (primary N) is 1. The summed E-state index contributed by atoms with van der Waals surface area (Å²) in [5, 5.41) is 6.94. The fourth-order valence-corrected chi connectivity index (χ4v) is 0.942. The third-order valence-electron chi connectivity index (χ3n) is 1.56. The molecule has 60 valence electrons. The van der Waals surface area contributed by atoms with E-state index in [0.717, 1.165) is 11.3 Å². The van der Waals surface area contributed by atoms with Crippen molar-refractivity contribution in [3.05, 3.63) is 30.5 Å². The maximum absolute atomic E-state index is 5.52. The van der Waals surface area contributed by atoms with Gasteiger partial charge in [-0.2, -0.15) is 0 Å². The van der Waals surface area contributed by atoms with Crippen molar-refractivity contribution in [2.24, 2.45) is 0 Å². The largest absolute Gasteiger partial charge is 0.399 e. The van der Waals surface area contributed by atoms with Gasteiger partial charge in [0.2, 0.25) is 0 Å². The summed E-state index contributed by atoms with van der Waals surface area (Å²) < 4.78 is 4.86. The number of hydrogen-bond acceptors (Lipinski definition) is 4. The molecule has 12 heavy (non-hydrogen) atoms. The lowest BCUT2D eigenvalue weighted by Crippen LogP contribution is -1.82. The van der Waals surface area contributed by atoms with Crippen LogP contribution in [0, 0.1) is 0 Å². The number of rotatable bonds is 1. The predicted octanol–water partition coefficient (Wildman–Crippen LogP) is 1.32. The first-order chi connectivity index (χ1) is 5.86. The van der Waals surface area contributed by atoms with Crippen LogP contribution in [0.4, 0.5) is 5.69 Å². The number of nitrogens with zero attached hydrogens (tertiary/aromatic N) is 2. The zero-order valence-corrected chi connectivity index (χ0v) is 6.27. The van der Waals surface area contributed by atoms with Gasteiger partial charge in [0.05, 0.1) is 6.20 Å². The molecule has 0 unspecified atom stereocenters. The van der Waals surface area contributed by atoms with Gasteiger partial charge in [-0.15, -0.1) is 5.10 Å². The van der Waals surface area contributed by atoms with E-state index in [4.69, 9.17) is 10.3 Å². The molecule has 1 aromatic carbocycles. The molecule has 0 radical (unpaired) electrons. The monoisotopic (exact) mass is 161 g/mol. The molecular formula is C8H7N3O. The van der Waals surface area contributed by atoms with E-state index >= 15 is 0 Å². The van der Waals surface area contributed by atoms with Gasteiger partial charge in [0.15, 0.2) is 5.76 Å². The van der Waals surface area contributed by atoms with Crippen LogP contribution in [-0.4, -0.2) is 10.4 Å². The second-order valence-electron chi connectivity index (χ2n) is 2.40. The van der Waals surface area contributed by atoms with Crippen LogP contribution >= 0.6 is 0 Å². The number of nitrogen functional groups attached to an aromatic ring is 1. The van der Waals surface area contributed by atoms with Gasteiger partial charge >= 0.3 is 0 Å².